The zero-order valence-corrected chi connectivity index (χ0v) is 15.3. The van der Waals surface area contributed by atoms with Crippen LogP contribution >= 0.6 is 11.3 Å². The molecule has 1 fully saturated rings. The van der Waals surface area contributed by atoms with Crippen molar-refractivity contribution in [1.82, 2.24) is 9.97 Å². The van der Waals surface area contributed by atoms with E-state index in [0.717, 1.165) is 15.4 Å². The average molecular weight is 346 g/mol. The number of hydrogen-bond donors (Lipinski definition) is 0. The SMILES string of the molecule is Cc1nccc(-c2ccc(C=C(F)B3OC(C)(C)C(C)(C)O3)s2)n1. The Morgan fingerprint density at radius 2 is 1.83 bits per heavy atom. The molecule has 3 rings (SSSR count). The summed E-state index contributed by atoms with van der Waals surface area (Å²) in [7, 11) is -0.971. The average Bonchev–Trinajstić information content (AvgIpc) is 3.02. The van der Waals surface area contributed by atoms with E-state index < -0.39 is 24.0 Å². The number of thiophene rings is 1. The van der Waals surface area contributed by atoms with Crippen LogP contribution in [0.1, 0.15) is 38.4 Å². The summed E-state index contributed by atoms with van der Waals surface area (Å²) in [6.45, 7) is 9.46. The van der Waals surface area contributed by atoms with E-state index in [-0.39, 0.29) is 0 Å². The Balaban J connectivity index is 1.80. The molecule has 7 heteroatoms. The second-order valence-electron chi connectivity index (χ2n) is 6.81. The first-order chi connectivity index (χ1) is 11.2. The fourth-order valence-electron chi connectivity index (χ4n) is 2.32. The van der Waals surface area contributed by atoms with E-state index in [4.69, 9.17) is 9.31 Å². The Bertz CT molecular complexity index is 772. The standard InChI is InChI=1S/C17H20BFN2O2S/c1-11-20-9-8-13(21-11)14-7-6-12(24-14)10-15(19)18-22-16(2,3)17(4,5)23-18/h6-10H,1-5H3. The highest BCUT2D eigenvalue weighted by atomic mass is 32.1. The Labute approximate surface area is 145 Å². The van der Waals surface area contributed by atoms with Gasteiger partial charge >= 0.3 is 7.12 Å². The number of rotatable bonds is 3. The van der Waals surface area contributed by atoms with Gasteiger partial charge in [-0.25, -0.2) is 14.4 Å². The molecule has 0 aliphatic carbocycles. The van der Waals surface area contributed by atoms with E-state index in [2.05, 4.69) is 9.97 Å². The van der Waals surface area contributed by atoms with Crippen molar-refractivity contribution in [2.75, 3.05) is 0 Å². The maximum atomic E-state index is 14.5. The molecule has 2 aromatic rings. The molecule has 0 radical (unpaired) electrons. The van der Waals surface area contributed by atoms with E-state index in [1.54, 1.807) is 6.20 Å². The van der Waals surface area contributed by atoms with Gasteiger partial charge in [0, 0.05) is 11.1 Å². The van der Waals surface area contributed by atoms with Gasteiger partial charge in [-0.15, -0.1) is 11.3 Å². The lowest BCUT2D eigenvalue weighted by molar-refractivity contribution is 0.00578. The van der Waals surface area contributed by atoms with Crippen molar-refractivity contribution in [2.24, 2.45) is 0 Å². The summed E-state index contributed by atoms with van der Waals surface area (Å²) < 4.78 is 26.0. The third-order valence-corrected chi connectivity index (χ3v) is 5.47. The van der Waals surface area contributed by atoms with E-state index >= 15 is 0 Å². The molecule has 0 atom stereocenters. The first-order valence-corrected chi connectivity index (χ1v) is 8.62. The van der Waals surface area contributed by atoms with Crippen molar-refractivity contribution in [3.8, 4) is 10.6 Å². The minimum absolute atomic E-state index is 0.430. The predicted molar refractivity (Wildman–Crippen MR) is 95.2 cm³/mol. The number of aromatic nitrogens is 2. The molecular weight excluding hydrogens is 326 g/mol. The van der Waals surface area contributed by atoms with Crippen LogP contribution < -0.4 is 0 Å². The van der Waals surface area contributed by atoms with Crippen LogP contribution in [0.2, 0.25) is 0 Å². The van der Waals surface area contributed by atoms with Crippen LogP contribution in [-0.2, 0) is 9.31 Å². The summed E-state index contributed by atoms with van der Waals surface area (Å²) in [6.07, 6.45) is 3.18. The van der Waals surface area contributed by atoms with Crippen molar-refractivity contribution in [3.05, 3.63) is 40.8 Å². The maximum Gasteiger partial charge on any atom is 0.525 e. The summed E-state index contributed by atoms with van der Waals surface area (Å²) in [5.74, 6) is 0.710. The Hall–Kier alpha value is -1.57. The van der Waals surface area contributed by atoms with Crippen molar-refractivity contribution in [1.29, 1.82) is 0 Å². The first-order valence-electron chi connectivity index (χ1n) is 7.80. The Morgan fingerprint density at radius 1 is 1.17 bits per heavy atom. The largest absolute Gasteiger partial charge is 0.525 e. The molecule has 24 heavy (non-hydrogen) atoms. The maximum absolute atomic E-state index is 14.5. The number of hydrogen-bond acceptors (Lipinski definition) is 5. The van der Waals surface area contributed by atoms with Gasteiger partial charge in [0.05, 0.1) is 21.8 Å². The van der Waals surface area contributed by atoms with Crippen LogP contribution in [0, 0.1) is 6.92 Å². The molecule has 0 N–H and O–H groups in total. The summed E-state index contributed by atoms with van der Waals surface area (Å²) in [4.78, 5) is 10.2. The van der Waals surface area contributed by atoms with Gasteiger partial charge in [-0.05, 0) is 58.9 Å². The van der Waals surface area contributed by atoms with Crippen LogP contribution in [0.15, 0.2) is 30.1 Å². The highest BCUT2D eigenvalue weighted by Crippen LogP contribution is 2.39. The van der Waals surface area contributed by atoms with Gasteiger partial charge in [0.1, 0.15) is 11.6 Å². The van der Waals surface area contributed by atoms with Gasteiger partial charge in [-0.2, -0.15) is 0 Å². The highest BCUT2D eigenvalue weighted by Gasteiger charge is 2.53. The van der Waals surface area contributed by atoms with E-state index in [1.807, 2.05) is 52.8 Å². The van der Waals surface area contributed by atoms with Crippen LogP contribution in [0.5, 0.6) is 0 Å². The molecule has 0 unspecified atom stereocenters. The Kier molecular flexibility index (Phi) is 4.36. The molecule has 0 spiro atoms. The molecule has 0 amide bonds. The molecule has 2 aromatic heterocycles. The first kappa shape index (κ1) is 17.3. The minimum atomic E-state index is -0.971. The zero-order valence-electron chi connectivity index (χ0n) is 14.5. The summed E-state index contributed by atoms with van der Waals surface area (Å²) in [6, 6.07) is 5.63. The van der Waals surface area contributed by atoms with Crippen molar-refractivity contribution < 1.29 is 13.7 Å². The van der Waals surface area contributed by atoms with Crippen LogP contribution in [0.3, 0.4) is 0 Å². The molecule has 3 heterocycles. The molecule has 1 saturated heterocycles. The van der Waals surface area contributed by atoms with Crippen molar-refractivity contribution >= 4 is 24.5 Å². The number of halogens is 1. The van der Waals surface area contributed by atoms with Crippen LogP contribution in [0.4, 0.5) is 4.39 Å². The minimum Gasteiger partial charge on any atom is -0.398 e. The fourth-order valence-corrected chi connectivity index (χ4v) is 3.24. The van der Waals surface area contributed by atoms with E-state index in [9.17, 15) is 4.39 Å². The monoisotopic (exact) mass is 346 g/mol. The zero-order chi connectivity index (χ0) is 17.5. The van der Waals surface area contributed by atoms with Gasteiger partial charge < -0.3 is 9.31 Å². The van der Waals surface area contributed by atoms with Gasteiger partial charge in [-0.1, -0.05) is 0 Å². The summed E-state index contributed by atoms with van der Waals surface area (Å²) in [5, 5.41) is 0. The van der Waals surface area contributed by atoms with Crippen LogP contribution in [-0.4, -0.2) is 28.3 Å². The smallest absolute Gasteiger partial charge is 0.398 e. The van der Waals surface area contributed by atoms with Gasteiger partial charge in [0.2, 0.25) is 0 Å². The third kappa shape index (κ3) is 3.29. The predicted octanol–water partition coefficient (Wildman–Crippen LogP) is 4.46. The highest BCUT2D eigenvalue weighted by molar-refractivity contribution is 7.16. The van der Waals surface area contributed by atoms with Crippen LogP contribution in [0.25, 0.3) is 16.6 Å². The topological polar surface area (TPSA) is 44.2 Å². The molecule has 0 aromatic carbocycles. The second-order valence-corrected chi connectivity index (χ2v) is 7.92. The normalized spacial score (nSPS) is 19.8. The lowest BCUT2D eigenvalue weighted by Crippen LogP contribution is -2.41. The van der Waals surface area contributed by atoms with Crippen molar-refractivity contribution in [3.63, 3.8) is 0 Å². The molecular formula is C17H20BFN2O2S. The van der Waals surface area contributed by atoms with Gasteiger partial charge in [-0.3, -0.25) is 0 Å². The molecule has 1 aliphatic heterocycles. The van der Waals surface area contributed by atoms with E-state index in [0.29, 0.717) is 5.82 Å². The van der Waals surface area contributed by atoms with E-state index in [1.165, 1.54) is 17.4 Å². The fraction of sp³-hybridized carbons (Fsp3) is 0.412. The molecule has 1 aliphatic rings. The lowest BCUT2D eigenvalue weighted by atomic mass is 9.87. The quantitative estimate of drug-likeness (QED) is 0.770. The second kappa shape index (κ2) is 6.06. The molecule has 126 valence electrons. The molecule has 0 bridgehead atoms. The third-order valence-electron chi connectivity index (χ3n) is 4.41. The Morgan fingerprint density at radius 3 is 2.46 bits per heavy atom. The summed E-state index contributed by atoms with van der Waals surface area (Å²) >= 11 is 1.46. The summed E-state index contributed by atoms with van der Waals surface area (Å²) in [5.41, 5.74) is -0.701. The van der Waals surface area contributed by atoms with Gasteiger partial charge in [0.25, 0.3) is 0 Å². The number of aryl methyl sites for hydroxylation is 1. The molecule has 4 nitrogen and oxygen atoms in total. The molecule has 0 saturated carbocycles. The number of nitrogens with zero attached hydrogens (tertiary/aromatic N) is 2. The van der Waals surface area contributed by atoms with Gasteiger partial charge in [0.15, 0.2) is 0 Å². The van der Waals surface area contributed by atoms with Crippen molar-refractivity contribution in [2.45, 2.75) is 45.8 Å². The lowest BCUT2D eigenvalue weighted by Gasteiger charge is -2.32.